The van der Waals surface area contributed by atoms with E-state index in [0.29, 0.717) is 0 Å². The Kier molecular flexibility index (Phi) is 5.58. The molecule has 0 amide bonds. The average molecular weight is 420 g/mol. The van der Waals surface area contributed by atoms with Crippen LogP contribution in [0.3, 0.4) is 0 Å². The van der Waals surface area contributed by atoms with E-state index in [1.807, 2.05) is 13.0 Å². The third-order valence-electron chi connectivity index (χ3n) is 3.72. The van der Waals surface area contributed by atoms with Crippen LogP contribution in [-0.2, 0) is 18.1 Å². The van der Waals surface area contributed by atoms with Crippen LogP contribution in [-0.4, -0.2) is 24.7 Å². The summed E-state index contributed by atoms with van der Waals surface area (Å²) in [4.78, 5) is 9.19. The lowest BCUT2D eigenvalue weighted by Crippen LogP contribution is -2.02. The number of rotatable bonds is 7. The molecule has 0 N–H and O–H groups in total. The number of thiazole rings is 2. The van der Waals surface area contributed by atoms with E-state index in [0.717, 1.165) is 49.6 Å². The van der Waals surface area contributed by atoms with E-state index in [-0.39, 0.29) is 0 Å². The van der Waals surface area contributed by atoms with Gasteiger partial charge in [0.1, 0.15) is 5.82 Å². The zero-order chi connectivity index (χ0) is 17.9. The SMILES string of the molecule is CCn1c(CSc2nc3ccccc3s2)nnc1SCc1csc(C)n1. The van der Waals surface area contributed by atoms with Crippen molar-refractivity contribution in [3.63, 3.8) is 0 Å². The standard InChI is InChI=1S/C17H17N5S4/c1-3-22-15(10-25-17-19-13-6-4-5-7-14(13)26-17)20-21-16(22)24-9-12-8-23-11(2)18-12/h4-8H,3,9-10H2,1-2H3. The first-order valence-corrected chi connectivity index (χ1v) is 11.8. The second-order valence-electron chi connectivity index (χ2n) is 5.53. The minimum Gasteiger partial charge on any atom is -0.306 e. The van der Waals surface area contributed by atoms with Gasteiger partial charge in [-0.2, -0.15) is 0 Å². The molecule has 3 aromatic heterocycles. The van der Waals surface area contributed by atoms with Gasteiger partial charge in [-0.3, -0.25) is 0 Å². The quantitative estimate of drug-likeness (QED) is 0.381. The molecule has 134 valence electrons. The molecule has 0 spiro atoms. The van der Waals surface area contributed by atoms with Gasteiger partial charge in [0.15, 0.2) is 9.50 Å². The van der Waals surface area contributed by atoms with Crippen molar-refractivity contribution in [1.29, 1.82) is 0 Å². The van der Waals surface area contributed by atoms with Crippen LogP contribution in [0.5, 0.6) is 0 Å². The third-order valence-corrected chi connectivity index (χ3v) is 7.72. The van der Waals surface area contributed by atoms with Crippen LogP contribution in [0.1, 0.15) is 23.4 Å². The Balaban J connectivity index is 1.43. The summed E-state index contributed by atoms with van der Waals surface area (Å²) in [7, 11) is 0. The van der Waals surface area contributed by atoms with Gasteiger partial charge in [-0.15, -0.1) is 32.9 Å². The minimum atomic E-state index is 0.775. The average Bonchev–Trinajstić information content (AvgIpc) is 3.35. The van der Waals surface area contributed by atoms with Crippen LogP contribution in [0.25, 0.3) is 10.2 Å². The first-order chi connectivity index (χ1) is 12.7. The van der Waals surface area contributed by atoms with E-state index in [2.05, 4.69) is 55.2 Å². The van der Waals surface area contributed by atoms with Crippen LogP contribution < -0.4 is 0 Å². The van der Waals surface area contributed by atoms with Crippen molar-refractivity contribution in [2.24, 2.45) is 0 Å². The molecule has 0 saturated heterocycles. The van der Waals surface area contributed by atoms with Gasteiger partial charge in [0, 0.05) is 17.7 Å². The lowest BCUT2D eigenvalue weighted by Gasteiger charge is -2.05. The van der Waals surface area contributed by atoms with E-state index in [9.17, 15) is 0 Å². The molecule has 9 heteroatoms. The molecular formula is C17H17N5S4. The molecule has 3 heterocycles. The Morgan fingerprint density at radius 2 is 1.96 bits per heavy atom. The van der Waals surface area contributed by atoms with Crippen LogP contribution in [0.4, 0.5) is 0 Å². The van der Waals surface area contributed by atoms with Crippen LogP contribution in [0, 0.1) is 6.92 Å². The minimum absolute atomic E-state index is 0.775. The number of benzene rings is 1. The molecule has 0 fully saturated rings. The molecule has 0 aliphatic heterocycles. The van der Waals surface area contributed by atoms with E-state index >= 15 is 0 Å². The first-order valence-electron chi connectivity index (χ1n) is 8.17. The van der Waals surface area contributed by atoms with Gasteiger partial charge in [-0.1, -0.05) is 35.7 Å². The van der Waals surface area contributed by atoms with Crippen LogP contribution in [0.2, 0.25) is 0 Å². The molecular weight excluding hydrogens is 402 g/mol. The Hall–Kier alpha value is -1.42. The Morgan fingerprint density at radius 3 is 2.73 bits per heavy atom. The van der Waals surface area contributed by atoms with Crippen molar-refractivity contribution >= 4 is 56.4 Å². The summed E-state index contributed by atoms with van der Waals surface area (Å²) in [6.45, 7) is 5.03. The number of thioether (sulfide) groups is 2. The van der Waals surface area contributed by atoms with Crippen LogP contribution in [0.15, 0.2) is 39.1 Å². The number of fused-ring (bicyclic) bond motifs is 1. The Morgan fingerprint density at radius 1 is 1.08 bits per heavy atom. The summed E-state index contributed by atoms with van der Waals surface area (Å²) in [5, 5.41) is 13.0. The monoisotopic (exact) mass is 419 g/mol. The van der Waals surface area contributed by atoms with Gasteiger partial charge in [0.2, 0.25) is 0 Å². The molecule has 5 nitrogen and oxygen atoms in total. The second kappa shape index (κ2) is 8.08. The molecule has 26 heavy (non-hydrogen) atoms. The third kappa shape index (κ3) is 3.95. The molecule has 4 aromatic rings. The van der Waals surface area contributed by atoms with Gasteiger partial charge >= 0.3 is 0 Å². The highest BCUT2D eigenvalue weighted by molar-refractivity contribution is 8.00. The Bertz CT molecular complexity index is 986. The van der Waals surface area contributed by atoms with Gasteiger partial charge < -0.3 is 4.57 Å². The number of para-hydroxylation sites is 1. The highest BCUT2D eigenvalue weighted by Crippen LogP contribution is 2.32. The molecule has 1 aromatic carbocycles. The van der Waals surface area contributed by atoms with E-state index in [4.69, 9.17) is 0 Å². The van der Waals surface area contributed by atoms with Crippen molar-refractivity contribution in [3.05, 3.63) is 46.2 Å². The summed E-state index contributed by atoms with van der Waals surface area (Å²) in [5.74, 6) is 2.60. The van der Waals surface area contributed by atoms with Crippen molar-refractivity contribution in [1.82, 2.24) is 24.7 Å². The normalized spacial score (nSPS) is 11.5. The van der Waals surface area contributed by atoms with Gasteiger partial charge in [0.25, 0.3) is 0 Å². The zero-order valence-corrected chi connectivity index (χ0v) is 17.6. The maximum Gasteiger partial charge on any atom is 0.191 e. The highest BCUT2D eigenvalue weighted by Gasteiger charge is 2.13. The molecule has 4 rings (SSSR count). The van der Waals surface area contributed by atoms with Crippen molar-refractivity contribution in [2.45, 2.75) is 41.4 Å². The van der Waals surface area contributed by atoms with E-state index < -0.39 is 0 Å². The van der Waals surface area contributed by atoms with Crippen molar-refractivity contribution in [2.75, 3.05) is 0 Å². The lowest BCUT2D eigenvalue weighted by molar-refractivity contribution is 0.659. The predicted octanol–water partition coefficient (Wildman–Crippen LogP) is 5.26. The summed E-state index contributed by atoms with van der Waals surface area (Å²) < 4.78 is 4.48. The smallest absolute Gasteiger partial charge is 0.191 e. The number of hydrogen-bond donors (Lipinski definition) is 0. The molecule has 0 bridgehead atoms. The molecule has 0 aliphatic carbocycles. The molecule has 0 radical (unpaired) electrons. The van der Waals surface area contributed by atoms with Gasteiger partial charge in [-0.25, -0.2) is 9.97 Å². The molecule has 0 unspecified atom stereocenters. The number of aromatic nitrogens is 5. The van der Waals surface area contributed by atoms with E-state index in [1.54, 1.807) is 46.2 Å². The lowest BCUT2D eigenvalue weighted by atomic mass is 10.3. The number of hydrogen-bond acceptors (Lipinski definition) is 8. The summed E-state index contributed by atoms with van der Waals surface area (Å²) in [5.41, 5.74) is 2.17. The maximum absolute atomic E-state index is 4.68. The van der Waals surface area contributed by atoms with E-state index in [1.165, 1.54) is 4.70 Å². The van der Waals surface area contributed by atoms with Crippen molar-refractivity contribution in [3.8, 4) is 0 Å². The fourth-order valence-corrected chi connectivity index (χ4v) is 6.14. The molecule has 0 saturated carbocycles. The van der Waals surface area contributed by atoms with Gasteiger partial charge in [-0.05, 0) is 26.0 Å². The molecule has 0 atom stereocenters. The van der Waals surface area contributed by atoms with Gasteiger partial charge in [0.05, 0.1) is 26.7 Å². The van der Waals surface area contributed by atoms with Crippen LogP contribution >= 0.6 is 46.2 Å². The number of nitrogens with zero attached hydrogens (tertiary/aromatic N) is 5. The summed E-state index contributed by atoms with van der Waals surface area (Å²) >= 11 is 6.83. The highest BCUT2D eigenvalue weighted by atomic mass is 32.2. The predicted molar refractivity (Wildman–Crippen MR) is 111 cm³/mol. The number of aryl methyl sites for hydroxylation is 1. The fourth-order valence-electron chi connectivity index (χ4n) is 2.50. The molecule has 0 aliphatic rings. The first kappa shape index (κ1) is 18.0. The summed E-state index contributed by atoms with van der Waals surface area (Å²) in [6.07, 6.45) is 0. The topological polar surface area (TPSA) is 56.5 Å². The Labute approximate surface area is 168 Å². The summed E-state index contributed by atoms with van der Waals surface area (Å²) in [6, 6.07) is 8.24. The largest absolute Gasteiger partial charge is 0.306 e. The van der Waals surface area contributed by atoms with Crippen molar-refractivity contribution < 1.29 is 0 Å². The second-order valence-corrected chi connectivity index (χ2v) is 9.78. The maximum atomic E-state index is 4.68. The fraction of sp³-hybridized carbons (Fsp3) is 0.294. The zero-order valence-electron chi connectivity index (χ0n) is 14.4.